The molecular weight excluding hydrogens is 353 g/mol. The summed E-state index contributed by atoms with van der Waals surface area (Å²) in [5, 5.41) is 2.33. The molecular formula is C19H20FN3O4. The number of aryl methyl sites for hydroxylation is 1. The second-order valence-electron chi connectivity index (χ2n) is 6.42. The van der Waals surface area contributed by atoms with E-state index in [1.54, 1.807) is 26.1 Å². The molecule has 8 heteroatoms. The van der Waals surface area contributed by atoms with Gasteiger partial charge in [0.15, 0.2) is 11.6 Å². The molecule has 0 aliphatic carbocycles. The van der Waals surface area contributed by atoms with Crippen LogP contribution in [0.15, 0.2) is 30.5 Å². The molecule has 2 unspecified atom stereocenters. The van der Waals surface area contributed by atoms with Gasteiger partial charge < -0.3 is 14.4 Å². The molecule has 3 amide bonds. The molecule has 3 rings (SSSR count). The SMILES string of the molecule is COc1cc(Oc2ccc(C3C(C)C(=O)NC(=O)N3C)c(C)c2)ncc1F. The first-order valence-corrected chi connectivity index (χ1v) is 8.37. The Balaban J connectivity index is 1.87. The molecule has 0 spiro atoms. The number of imide groups is 1. The maximum absolute atomic E-state index is 13.5. The summed E-state index contributed by atoms with van der Waals surface area (Å²) in [5.41, 5.74) is 1.71. The van der Waals surface area contributed by atoms with Gasteiger partial charge in [0, 0.05) is 13.1 Å². The summed E-state index contributed by atoms with van der Waals surface area (Å²) < 4.78 is 24.1. The van der Waals surface area contributed by atoms with Crippen molar-refractivity contribution in [3.8, 4) is 17.4 Å². The van der Waals surface area contributed by atoms with Gasteiger partial charge in [-0.05, 0) is 30.2 Å². The van der Waals surface area contributed by atoms with Crippen LogP contribution in [0, 0.1) is 18.7 Å². The third-order valence-electron chi connectivity index (χ3n) is 4.65. The number of aromatic nitrogens is 1. The van der Waals surface area contributed by atoms with Gasteiger partial charge in [-0.3, -0.25) is 10.1 Å². The van der Waals surface area contributed by atoms with Crippen LogP contribution in [0.4, 0.5) is 9.18 Å². The van der Waals surface area contributed by atoms with Crippen molar-refractivity contribution in [2.24, 2.45) is 5.92 Å². The Morgan fingerprint density at radius 2 is 2.00 bits per heavy atom. The number of nitrogens with one attached hydrogen (secondary N) is 1. The Labute approximate surface area is 156 Å². The average Bonchev–Trinajstić information content (AvgIpc) is 2.63. The first-order chi connectivity index (χ1) is 12.8. The van der Waals surface area contributed by atoms with Crippen LogP contribution in [0.1, 0.15) is 24.1 Å². The van der Waals surface area contributed by atoms with E-state index in [1.165, 1.54) is 18.1 Å². The number of rotatable bonds is 4. The van der Waals surface area contributed by atoms with Gasteiger partial charge in [0.2, 0.25) is 11.8 Å². The van der Waals surface area contributed by atoms with Crippen molar-refractivity contribution in [2.45, 2.75) is 19.9 Å². The van der Waals surface area contributed by atoms with Crippen LogP contribution in [-0.2, 0) is 4.79 Å². The van der Waals surface area contributed by atoms with E-state index < -0.39 is 11.8 Å². The minimum atomic E-state index is -0.575. The van der Waals surface area contributed by atoms with Crippen LogP contribution in [0.2, 0.25) is 0 Å². The third kappa shape index (κ3) is 3.55. The lowest BCUT2D eigenvalue weighted by Crippen LogP contribution is -2.53. The van der Waals surface area contributed by atoms with Gasteiger partial charge >= 0.3 is 6.03 Å². The number of hydrogen-bond acceptors (Lipinski definition) is 5. The number of carbonyl (C=O) groups excluding carboxylic acids is 2. The van der Waals surface area contributed by atoms with E-state index >= 15 is 0 Å². The molecule has 0 saturated carbocycles. The molecule has 0 bridgehead atoms. The highest BCUT2D eigenvalue weighted by atomic mass is 19.1. The second kappa shape index (κ2) is 7.22. The zero-order valence-electron chi connectivity index (χ0n) is 15.4. The molecule has 1 aliphatic heterocycles. The fourth-order valence-electron chi connectivity index (χ4n) is 3.17. The minimum absolute atomic E-state index is 0.0375. The van der Waals surface area contributed by atoms with Crippen molar-refractivity contribution in [3.63, 3.8) is 0 Å². The Hall–Kier alpha value is -3.16. The van der Waals surface area contributed by atoms with Crippen LogP contribution in [0.3, 0.4) is 0 Å². The van der Waals surface area contributed by atoms with Gasteiger partial charge in [-0.1, -0.05) is 13.0 Å². The van der Waals surface area contributed by atoms with Gasteiger partial charge in [0.25, 0.3) is 0 Å². The molecule has 0 radical (unpaired) electrons. The third-order valence-corrected chi connectivity index (χ3v) is 4.65. The van der Waals surface area contributed by atoms with E-state index in [1.807, 2.05) is 13.0 Å². The van der Waals surface area contributed by atoms with Crippen molar-refractivity contribution in [1.29, 1.82) is 0 Å². The van der Waals surface area contributed by atoms with E-state index in [0.717, 1.165) is 17.3 Å². The van der Waals surface area contributed by atoms with Crippen LogP contribution >= 0.6 is 0 Å². The lowest BCUT2D eigenvalue weighted by atomic mass is 9.88. The van der Waals surface area contributed by atoms with Crippen LogP contribution < -0.4 is 14.8 Å². The summed E-state index contributed by atoms with van der Waals surface area (Å²) in [7, 11) is 3.02. The summed E-state index contributed by atoms with van der Waals surface area (Å²) in [6.07, 6.45) is 1.03. The Bertz CT molecular complexity index is 883. The minimum Gasteiger partial charge on any atom is -0.493 e. The number of nitrogens with zero attached hydrogens (tertiary/aromatic N) is 2. The topological polar surface area (TPSA) is 80.8 Å². The van der Waals surface area contributed by atoms with Gasteiger partial charge in [-0.25, -0.2) is 14.2 Å². The molecule has 2 heterocycles. The maximum Gasteiger partial charge on any atom is 0.324 e. The van der Waals surface area contributed by atoms with Crippen LogP contribution in [0.5, 0.6) is 17.4 Å². The maximum atomic E-state index is 13.5. The quantitative estimate of drug-likeness (QED) is 0.890. The lowest BCUT2D eigenvalue weighted by Gasteiger charge is -2.37. The molecule has 1 saturated heterocycles. The van der Waals surface area contributed by atoms with Crippen molar-refractivity contribution >= 4 is 11.9 Å². The average molecular weight is 373 g/mol. The number of ether oxygens (including phenoxy) is 2. The van der Waals surface area contributed by atoms with Crippen molar-refractivity contribution in [1.82, 2.24) is 15.2 Å². The highest BCUT2D eigenvalue weighted by molar-refractivity contribution is 5.98. The lowest BCUT2D eigenvalue weighted by molar-refractivity contribution is -0.127. The summed E-state index contributed by atoms with van der Waals surface area (Å²) in [5.74, 6) is -0.534. The van der Waals surface area contributed by atoms with Crippen molar-refractivity contribution in [2.75, 3.05) is 14.2 Å². The van der Waals surface area contributed by atoms with E-state index in [2.05, 4.69) is 10.3 Å². The van der Waals surface area contributed by atoms with Crippen LogP contribution in [-0.4, -0.2) is 36.0 Å². The van der Waals surface area contributed by atoms with E-state index in [4.69, 9.17) is 9.47 Å². The van der Waals surface area contributed by atoms with Gasteiger partial charge in [0.05, 0.1) is 25.3 Å². The highest BCUT2D eigenvalue weighted by Gasteiger charge is 2.38. The predicted molar refractivity (Wildman–Crippen MR) is 95.2 cm³/mol. The molecule has 27 heavy (non-hydrogen) atoms. The van der Waals surface area contributed by atoms with Crippen LogP contribution in [0.25, 0.3) is 0 Å². The second-order valence-corrected chi connectivity index (χ2v) is 6.42. The zero-order chi connectivity index (χ0) is 19.7. The molecule has 1 aliphatic rings. The van der Waals surface area contributed by atoms with E-state index in [9.17, 15) is 14.0 Å². The van der Waals surface area contributed by atoms with E-state index in [0.29, 0.717) is 5.75 Å². The standard InChI is InChI=1S/C19H20FN3O4/c1-10-7-12(27-16-8-15(26-4)14(20)9-21-16)5-6-13(10)17-11(2)18(24)22-19(25)23(17)3/h5-9,11,17H,1-4H3,(H,22,24,25). The summed E-state index contributed by atoms with van der Waals surface area (Å²) in [6.45, 7) is 3.65. The van der Waals surface area contributed by atoms with Gasteiger partial charge in [0.1, 0.15) is 5.75 Å². The van der Waals surface area contributed by atoms with Gasteiger partial charge in [-0.15, -0.1) is 0 Å². The van der Waals surface area contributed by atoms with Crippen molar-refractivity contribution < 1.29 is 23.5 Å². The number of pyridine rings is 1. The monoisotopic (exact) mass is 373 g/mol. The molecule has 2 atom stereocenters. The molecule has 1 N–H and O–H groups in total. The fraction of sp³-hybridized carbons (Fsp3) is 0.316. The Kier molecular flexibility index (Phi) is 4.98. The first-order valence-electron chi connectivity index (χ1n) is 8.37. The number of methoxy groups -OCH3 is 1. The normalized spacial score (nSPS) is 19.7. The number of hydrogen-bond donors (Lipinski definition) is 1. The zero-order valence-corrected chi connectivity index (χ0v) is 15.4. The largest absolute Gasteiger partial charge is 0.493 e. The first kappa shape index (κ1) is 18.6. The Morgan fingerprint density at radius 1 is 1.26 bits per heavy atom. The highest BCUT2D eigenvalue weighted by Crippen LogP contribution is 2.35. The van der Waals surface area contributed by atoms with Gasteiger partial charge in [-0.2, -0.15) is 0 Å². The summed E-state index contributed by atoms with van der Waals surface area (Å²) >= 11 is 0. The molecule has 1 fully saturated rings. The summed E-state index contributed by atoms with van der Waals surface area (Å²) in [4.78, 5) is 29.4. The molecule has 1 aromatic heterocycles. The summed E-state index contributed by atoms with van der Waals surface area (Å²) in [6, 6.07) is 5.88. The number of urea groups is 1. The van der Waals surface area contributed by atoms with Crippen molar-refractivity contribution in [3.05, 3.63) is 47.4 Å². The Morgan fingerprint density at radius 3 is 2.67 bits per heavy atom. The molecule has 1 aromatic carbocycles. The van der Waals surface area contributed by atoms with E-state index in [-0.39, 0.29) is 29.5 Å². The molecule has 2 aromatic rings. The molecule has 7 nitrogen and oxygen atoms in total. The number of carbonyl (C=O) groups is 2. The predicted octanol–water partition coefficient (Wildman–Crippen LogP) is 3.19. The number of halogens is 1. The smallest absolute Gasteiger partial charge is 0.324 e. The molecule has 142 valence electrons. The number of amides is 3. The number of benzene rings is 1. The fourth-order valence-corrected chi connectivity index (χ4v) is 3.17.